The molecule has 1 N–H and O–H groups in total. The average Bonchev–Trinajstić information content (AvgIpc) is 2.74. The van der Waals surface area contributed by atoms with Crippen molar-refractivity contribution >= 4 is 0 Å². The Hall–Kier alpha value is -1.61. The monoisotopic (exact) mass is 229 g/mol. The number of aromatic nitrogens is 2. The molecule has 2 aromatic rings. The number of rotatable bonds is 4. The molecule has 3 nitrogen and oxygen atoms in total. The predicted molar refractivity (Wildman–Crippen MR) is 70.8 cm³/mol. The van der Waals surface area contributed by atoms with Crippen LogP contribution in [0.15, 0.2) is 30.5 Å². The molecule has 0 aliphatic carbocycles. The fourth-order valence-electron chi connectivity index (χ4n) is 1.90. The summed E-state index contributed by atoms with van der Waals surface area (Å²) in [5.74, 6) is 0. The molecule has 0 aliphatic rings. The van der Waals surface area contributed by atoms with Crippen LogP contribution >= 0.6 is 0 Å². The van der Waals surface area contributed by atoms with Gasteiger partial charge >= 0.3 is 0 Å². The number of aryl methyl sites for hydroxylation is 2. The van der Waals surface area contributed by atoms with Crippen molar-refractivity contribution in [2.24, 2.45) is 7.05 Å². The van der Waals surface area contributed by atoms with E-state index in [0.717, 1.165) is 18.8 Å². The molecule has 0 unspecified atom stereocenters. The van der Waals surface area contributed by atoms with Crippen molar-refractivity contribution in [1.82, 2.24) is 15.1 Å². The summed E-state index contributed by atoms with van der Waals surface area (Å²) in [4.78, 5) is 0. The summed E-state index contributed by atoms with van der Waals surface area (Å²) in [6, 6.07) is 8.60. The quantitative estimate of drug-likeness (QED) is 0.873. The summed E-state index contributed by atoms with van der Waals surface area (Å²) in [6.45, 7) is 6.11. The van der Waals surface area contributed by atoms with E-state index in [1.807, 2.05) is 17.9 Å². The van der Waals surface area contributed by atoms with Gasteiger partial charge in [0.2, 0.25) is 0 Å². The maximum absolute atomic E-state index is 4.48. The van der Waals surface area contributed by atoms with Crippen LogP contribution in [-0.4, -0.2) is 16.3 Å². The van der Waals surface area contributed by atoms with E-state index in [1.54, 1.807) is 0 Å². The largest absolute Gasteiger partial charge is 0.313 e. The highest BCUT2D eigenvalue weighted by molar-refractivity contribution is 5.64. The number of hydrogen-bond donors (Lipinski definition) is 1. The first kappa shape index (κ1) is 11.9. The minimum Gasteiger partial charge on any atom is -0.313 e. The molecule has 0 aliphatic heterocycles. The lowest BCUT2D eigenvalue weighted by Gasteiger charge is -2.09. The third-order valence-electron chi connectivity index (χ3n) is 2.82. The highest BCUT2D eigenvalue weighted by Crippen LogP contribution is 2.23. The van der Waals surface area contributed by atoms with Gasteiger partial charge in [-0.25, -0.2) is 0 Å². The average molecular weight is 229 g/mol. The van der Waals surface area contributed by atoms with Crippen molar-refractivity contribution in [2.75, 3.05) is 6.54 Å². The Morgan fingerprint density at radius 2 is 2.12 bits per heavy atom. The van der Waals surface area contributed by atoms with Gasteiger partial charge in [0.1, 0.15) is 0 Å². The minimum atomic E-state index is 0.892. The molecule has 0 atom stereocenters. The summed E-state index contributed by atoms with van der Waals surface area (Å²) in [5.41, 5.74) is 4.85. The van der Waals surface area contributed by atoms with Gasteiger partial charge in [-0.3, -0.25) is 4.68 Å². The number of nitrogens with one attached hydrogen (secondary N) is 1. The normalized spacial score (nSPS) is 10.8. The smallest absolute Gasteiger partial charge is 0.0926 e. The fraction of sp³-hybridized carbons (Fsp3) is 0.357. The molecule has 0 spiro atoms. The van der Waals surface area contributed by atoms with E-state index in [1.165, 1.54) is 16.7 Å². The van der Waals surface area contributed by atoms with Crippen molar-refractivity contribution in [3.8, 4) is 11.3 Å². The van der Waals surface area contributed by atoms with Crippen molar-refractivity contribution < 1.29 is 0 Å². The first-order chi connectivity index (χ1) is 8.20. The topological polar surface area (TPSA) is 29.9 Å². The predicted octanol–water partition coefficient (Wildman–Crippen LogP) is 2.51. The van der Waals surface area contributed by atoms with E-state index in [-0.39, 0.29) is 0 Å². The highest BCUT2D eigenvalue weighted by atomic mass is 15.2. The standard InChI is InChI=1S/C14H19N3/c1-4-15-10-12-6-5-11(2)9-13(12)14-7-8-17(3)16-14/h5-9,15H,4,10H2,1-3H3. The molecule has 3 heteroatoms. The van der Waals surface area contributed by atoms with Crippen molar-refractivity contribution in [1.29, 1.82) is 0 Å². The fourth-order valence-corrected chi connectivity index (χ4v) is 1.90. The van der Waals surface area contributed by atoms with Crippen LogP contribution in [0.1, 0.15) is 18.1 Å². The van der Waals surface area contributed by atoms with Crippen LogP contribution in [0.3, 0.4) is 0 Å². The molecule has 1 aromatic heterocycles. The molecule has 0 saturated heterocycles. The molecule has 0 radical (unpaired) electrons. The second-order valence-electron chi connectivity index (χ2n) is 4.32. The summed E-state index contributed by atoms with van der Waals surface area (Å²) < 4.78 is 1.84. The molecule has 0 bridgehead atoms. The van der Waals surface area contributed by atoms with Gasteiger partial charge in [0.05, 0.1) is 5.69 Å². The first-order valence-corrected chi connectivity index (χ1v) is 6.01. The van der Waals surface area contributed by atoms with Gasteiger partial charge in [-0.15, -0.1) is 0 Å². The van der Waals surface area contributed by atoms with Crippen molar-refractivity contribution in [3.63, 3.8) is 0 Å². The van der Waals surface area contributed by atoms with Crippen LogP contribution < -0.4 is 5.32 Å². The Bertz CT molecular complexity index is 500. The molecular formula is C14H19N3. The van der Waals surface area contributed by atoms with Crippen molar-refractivity contribution in [2.45, 2.75) is 20.4 Å². The summed E-state index contributed by atoms with van der Waals surface area (Å²) in [6.07, 6.45) is 1.98. The summed E-state index contributed by atoms with van der Waals surface area (Å²) in [7, 11) is 1.95. The maximum atomic E-state index is 4.48. The molecule has 0 saturated carbocycles. The van der Waals surface area contributed by atoms with Gasteiger partial charge in [0, 0.05) is 25.4 Å². The molecule has 17 heavy (non-hydrogen) atoms. The molecular weight excluding hydrogens is 210 g/mol. The lowest BCUT2D eigenvalue weighted by Crippen LogP contribution is -2.12. The number of nitrogens with zero attached hydrogens (tertiary/aromatic N) is 2. The van der Waals surface area contributed by atoms with E-state index in [4.69, 9.17) is 0 Å². The van der Waals surface area contributed by atoms with E-state index >= 15 is 0 Å². The molecule has 2 rings (SSSR count). The van der Waals surface area contributed by atoms with E-state index in [9.17, 15) is 0 Å². The number of benzene rings is 1. The zero-order valence-corrected chi connectivity index (χ0v) is 10.7. The summed E-state index contributed by atoms with van der Waals surface area (Å²) >= 11 is 0. The summed E-state index contributed by atoms with van der Waals surface area (Å²) in [5, 5.41) is 7.85. The SMILES string of the molecule is CCNCc1ccc(C)cc1-c1ccn(C)n1. The van der Waals surface area contributed by atoms with Crippen LogP contribution in [0.5, 0.6) is 0 Å². The van der Waals surface area contributed by atoms with Crippen LogP contribution in [0.25, 0.3) is 11.3 Å². The lowest BCUT2D eigenvalue weighted by atomic mass is 10.0. The zero-order valence-electron chi connectivity index (χ0n) is 10.7. The lowest BCUT2D eigenvalue weighted by molar-refractivity contribution is 0.726. The van der Waals surface area contributed by atoms with Crippen LogP contribution in [0.2, 0.25) is 0 Å². The van der Waals surface area contributed by atoms with Crippen LogP contribution in [0.4, 0.5) is 0 Å². The van der Waals surface area contributed by atoms with Gasteiger partial charge in [-0.1, -0.05) is 24.6 Å². The second-order valence-corrected chi connectivity index (χ2v) is 4.32. The second kappa shape index (κ2) is 5.15. The van der Waals surface area contributed by atoms with E-state index in [2.05, 4.69) is 48.5 Å². The highest BCUT2D eigenvalue weighted by Gasteiger charge is 2.07. The zero-order chi connectivity index (χ0) is 12.3. The van der Waals surface area contributed by atoms with Gasteiger partial charge in [-0.2, -0.15) is 5.10 Å². The first-order valence-electron chi connectivity index (χ1n) is 6.01. The molecule has 1 aromatic carbocycles. The molecule has 0 fully saturated rings. The van der Waals surface area contributed by atoms with E-state index in [0.29, 0.717) is 0 Å². The Balaban J connectivity index is 2.39. The number of hydrogen-bond acceptors (Lipinski definition) is 2. The third kappa shape index (κ3) is 2.74. The Kier molecular flexibility index (Phi) is 3.59. The molecule has 1 heterocycles. The van der Waals surface area contributed by atoms with E-state index < -0.39 is 0 Å². The third-order valence-corrected chi connectivity index (χ3v) is 2.82. The Labute approximate surface area is 102 Å². The van der Waals surface area contributed by atoms with Gasteiger partial charge < -0.3 is 5.32 Å². The van der Waals surface area contributed by atoms with Gasteiger partial charge in [0.25, 0.3) is 0 Å². The van der Waals surface area contributed by atoms with Crippen LogP contribution in [0, 0.1) is 6.92 Å². The van der Waals surface area contributed by atoms with Crippen LogP contribution in [-0.2, 0) is 13.6 Å². The Morgan fingerprint density at radius 3 is 2.76 bits per heavy atom. The minimum absolute atomic E-state index is 0.892. The Morgan fingerprint density at radius 1 is 1.29 bits per heavy atom. The molecule has 0 amide bonds. The van der Waals surface area contributed by atoms with Crippen molar-refractivity contribution in [3.05, 3.63) is 41.6 Å². The maximum Gasteiger partial charge on any atom is 0.0926 e. The van der Waals surface area contributed by atoms with Gasteiger partial charge in [0.15, 0.2) is 0 Å². The molecule has 90 valence electrons. The van der Waals surface area contributed by atoms with Gasteiger partial charge in [-0.05, 0) is 31.2 Å².